The smallest absolute Gasteiger partial charge is 0.227 e. The molecule has 1 fully saturated rings. The molecule has 1 atom stereocenters. The molecule has 2 aromatic rings. The van der Waals surface area contributed by atoms with E-state index in [0.717, 1.165) is 18.1 Å². The lowest BCUT2D eigenvalue weighted by atomic mass is 10.1. The summed E-state index contributed by atoms with van der Waals surface area (Å²) in [6.45, 7) is 0.938. The molecule has 1 amide bonds. The highest BCUT2D eigenvalue weighted by Crippen LogP contribution is 2.28. The van der Waals surface area contributed by atoms with Crippen LogP contribution in [0.3, 0.4) is 0 Å². The number of thiazole rings is 1. The standard InChI is InChI=1S/C16H18FN3O2S2/c1-22-14-3-2-10(6-12(14)17)13-9-24-16(19-13)20-15(21)7-11-8-23-5-4-18-11/h2-3,6,9,11,18H,4-5,7-8H2,1H3,(H,19,20,21). The van der Waals surface area contributed by atoms with Crippen molar-refractivity contribution in [1.82, 2.24) is 10.3 Å². The third-order valence-electron chi connectivity index (χ3n) is 3.63. The number of benzene rings is 1. The molecule has 1 unspecified atom stereocenters. The lowest BCUT2D eigenvalue weighted by molar-refractivity contribution is -0.116. The van der Waals surface area contributed by atoms with Gasteiger partial charge in [-0.3, -0.25) is 4.79 Å². The van der Waals surface area contributed by atoms with Crippen LogP contribution < -0.4 is 15.4 Å². The zero-order valence-electron chi connectivity index (χ0n) is 13.2. The summed E-state index contributed by atoms with van der Waals surface area (Å²) < 4.78 is 18.7. The van der Waals surface area contributed by atoms with E-state index in [1.807, 2.05) is 11.8 Å². The molecule has 1 aliphatic rings. The number of aromatic nitrogens is 1. The van der Waals surface area contributed by atoms with Gasteiger partial charge in [0, 0.05) is 41.5 Å². The molecule has 1 aromatic heterocycles. The van der Waals surface area contributed by atoms with Gasteiger partial charge < -0.3 is 15.4 Å². The van der Waals surface area contributed by atoms with Crippen molar-refractivity contribution in [3.8, 4) is 17.0 Å². The van der Waals surface area contributed by atoms with Gasteiger partial charge in [-0.2, -0.15) is 11.8 Å². The lowest BCUT2D eigenvalue weighted by Crippen LogP contribution is -2.39. The summed E-state index contributed by atoms with van der Waals surface area (Å²) >= 11 is 3.18. The van der Waals surface area contributed by atoms with Gasteiger partial charge in [-0.15, -0.1) is 11.3 Å². The topological polar surface area (TPSA) is 63.2 Å². The Hall–Kier alpha value is -1.64. The van der Waals surface area contributed by atoms with Crippen molar-refractivity contribution in [2.75, 3.05) is 30.5 Å². The molecule has 0 radical (unpaired) electrons. The Morgan fingerprint density at radius 1 is 1.54 bits per heavy atom. The van der Waals surface area contributed by atoms with E-state index in [1.165, 1.54) is 24.5 Å². The Morgan fingerprint density at radius 3 is 3.12 bits per heavy atom. The summed E-state index contributed by atoms with van der Waals surface area (Å²) in [5.41, 5.74) is 1.28. The maximum absolute atomic E-state index is 13.8. The van der Waals surface area contributed by atoms with Gasteiger partial charge in [-0.1, -0.05) is 0 Å². The minimum absolute atomic E-state index is 0.0585. The number of nitrogens with one attached hydrogen (secondary N) is 2. The number of ether oxygens (including phenoxy) is 1. The number of carbonyl (C=O) groups is 1. The molecule has 5 nitrogen and oxygen atoms in total. The Kier molecular flexibility index (Phi) is 5.70. The van der Waals surface area contributed by atoms with Crippen LogP contribution in [0.25, 0.3) is 11.3 Å². The number of thioether (sulfide) groups is 1. The van der Waals surface area contributed by atoms with Crippen molar-refractivity contribution in [3.63, 3.8) is 0 Å². The third kappa shape index (κ3) is 4.25. The Labute approximate surface area is 148 Å². The Balaban J connectivity index is 1.62. The van der Waals surface area contributed by atoms with Gasteiger partial charge in [-0.05, 0) is 18.2 Å². The van der Waals surface area contributed by atoms with Crippen LogP contribution in [0, 0.1) is 5.82 Å². The summed E-state index contributed by atoms with van der Waals surface area (Å²) in [5, 5.41) is 8.47. The summed E-state index contributed by atoms with van der Waals surface area (Å²) in [7, 11) is 1.42. The van der Waals surface area contributed by atoms with Gasteiger partial charge in [-0.25, -0.2) is 9.37 Å². The van der Waals surface area contributed by atoms with Crippen molar-refractivity contribution >= 4 is 34.1 Å². The summed E-state index contributed by atoms with van der Waals surface area (Å²) in [6.07, 6.45) is 0.430. The molecule has 0 saturated carbocycles. The van der Waals surface area contributed by atoms with Crippen LogP contribution in [0.15, 0.2) is 23.6 Å². The van der Waals surface area contributed by atoms with Crippen LogP contribution in [0.5, 0.6) is 5.75 Å². The number of anilines is 1. The fourth-order valence-electron chi connectivity index (χ4n) is 2.43. The van der Waals surface area contributed by atoms with Crippen LogP contribution in [-0.2, 0) is 4.79 Å². The van der Waals surface area contributed by atoms with Gasteiger partial charge >= 0.3 is 0 Å². The first kappa shape index (κ1) is 17.2. The van der Waals surface area contributed by atoms with Gasteiger partial charge in [0.25, 0.3) is 0 Å². The van der Waals surface area contributed by atoms with E-state index < -0.39 is 5.82 Å². The molecule has 0 aliphatic carbocycles. The van der Waals surface area contributed by atoms with Crippen molar-refractivity contribution < 1.29 is 13.9 Å². The number of nitrogens with zero attached hydrogens (tertiary/aromatic N) is 1. The van der Waals surface area contributed by atoms with Gasteiger partial charge in [0.1, 0.15) is 0 Å². The number of halogens is 1. The van der Waals surface area contributed by atoms with E-state index in [0.29, 0.717) is 22.8 Å². The molecule has 0 spiro atoms. The van der Waals surface area contributed by atoms with E-state index in [4.69, 9.17) is 4.74 Å². The minimum Gasteiger partial charge on any atom is -0.494 e. The van der Waals surface area contributed by atoms with E-state index in [-0.39, 0.29) is 17.7 Å². The largest absolute Gasteiger partial charge is 0.494 e. The molecule has 1 saturated heterocycles. The molecule has 8 heteroatoms. The van der Waals surface area contributed by atoms with Crippen molar-refractivity contribution in [2.45, 2.75) is 12.5 Å². The number of hydrogen-bond acceptors (Lipinski definition) is 6. The average Bonchev–Trinajstić information content (AvgIpc) is 3.04. The fourth-order valence-corrected chi connectivity index (χ4v) is 4.12. The van der Waals surface area contributed by atoms with Crippen LogP contribution in [0.4, 0.5) is 9.52 Å². The number of amides is 1. The summed E-state index contributed by atoms with van der Waals surface area (Å²) in [6, 6.07) is 4.89. The number of hydrogen-bond donors (Lipinski definition) is 2. The average molecular weight is 367 g/mol. The quantitative estimate of drug-likeness (QED) is 0.851. The predicted molar refractivity (Wildman–Crippen MR) is 96.4 cm³/mol. The summed E-state index contributed by atoms with van der Waals surface area (Å²) in [5.74, 6) is 1.74. The van der Waals surface area contributed by atoms with Gasteiger partial charge in [0.2, 0.25) is 5.91 Å². The zero-order chi connectivity index (χ0) is 16.9. The predicted octanol–water partition coefficient (Wildman–Crippen LogP) is 2.99. The fraction of sp³-hybridized carbons (Fsp3) is 0.375. The molecule has 2 N–H and O–H groups in total. The van der Waals surface area contributed by atoms with Crippen molar-refractivity contribution in [1.29, 1.82) is 0 Å². The van der Waals surface area contributed by atoms with E-state index in [1.54, 1.807) is 17.5 Å². The first-order chi connectivity index (χ1) is 11.7. The van der Waals surface area contributed by atoms with Crippen LogP contribution in [0.1, 0.15) is 6.42 Å². The lowest BCUT2D eigenvalue weighted by Gasteiger charge is -2.22. The number of rotatable bonds is 5. The second-order valence-corrected chi connectivity index (χ2v) is 7.37. The molecule has 0 bridgehead atoms. The Morgan fingerprint density at radius 2 is 2.42 bits per heavy atom. The normalized spacial score (nSPS) is 17.5. The van der Waals surface area contributed by atoms with Crippen molar-refractivity contribution in [3.05, 3.63) is 29.4 Å². The highest BCUT2D eigenvalue weighted by Gasteiger charge is 2.17. The van der Waals surface area contributed by atoms with E-state index in [2.05, 4.69) is 15.6 Å². The van der Waals surface area contributed by atoms with Crippen LogP contribution in [-0.4, -0.2) is 42.1 Å². The zero-order valence-corrected chi connectivity index (χ0v) is 14.8. The maximum atomic E-state index is 13.8. The molecule has 1 aromatic carbocycles. The monoisotopic (exact) mass is 367 g/mol. The third-order valence-corrected chi connectivity index (χ3v) is 5.52. The summed E-state index contributed by atoms with van der Waals surface area (Å²) in [4.78, 5) is 16.5. The molecule has 3 rings (SSSR count). The molecule has 128 valence electrons. The highest BCUT2D eigenvalue weighted by molar-refractivity contribution is 7.99. The first-order valence-corrected chi connectivity index (χ1v) is 9.59. The van der Waals surface area contributed by atoms with Gasteiger partial charge in [0.05, 0.1) is 12.8 Å². The maximum Gasteiger partial charge on any atom is 0.227 e. The Bertz CT molecular complexity index is 717. The SMILES string of the molecule is COc1ccc(-c2csc(NC(=O)CC3CSCCN3)n2)cc1F. The van der Waals surface area contributed by atoms with Gasteiger partial charge in [0.15, 0.2) is 16.7 Å². The van der Waals surface area contributed by atoms with E-state index >= 15 is 0 Å². The van der Waals surface area contributed by atoms with E-state index in [9.17, 15) is 9.18 Å². The first-order valence-electron chi connectivity index (χ1n) is 7.56. The minimum atomic E-state index is -0.436. The second-order valence-electron chi connectivity index (χ2n) is 5.37. The van der Waals surface area contributed by atoms with Crippen LogP contribution >= 0.6 is 23.1 Å². The number of methoxy groups -OCH3 is 1. The van der Waals surface area contributed by atoms with Crippen LogP contribution in [0.2, 0.25) is 0 Å². The molecular formula is C16H18FN3O2S2. The highest BCUT2D eigenvalue weighted by atomic mass is 32.2. The molecule has 24 heavy (non-hydrogen) atoms. The molecule has 1 aliphatic heterocycles. The molecular weight excluding hydrogens is 349 g/mol. The van der Waals surface area contributed by atoms with Crippen molar-refractivity contribution in [2.24, 2.45) is 0 Å². The number of carbonyl (C=O) groups excluding carboxylic acids is 1. The second kappa shape index (κ2) is 7.96. The molecule has 2 heterocycles.